The van der Waals surface area contributed by atoms with Gasteiger partial charge in [0.1, 0.15) is 0 Å². The topological polar surface area (TPSA) is 59.4 Å². The molecule has 0 spiro atoms. The van der Waals surface area contributed by atoms with Gasteiger partial charge in [-0.15, -0.1) is 0 Å². The molecule has 0 radical (unpaired) electrons. The third-order valence-corrected chi connectivity index (χ3v) is 3.31. The molecule has 0 amide bonds. The van der Waals surface area contributed by atoms with Crippen molar-refractivity contribution in [1.82, 2.24) is 4.98 Å². The number of carbonyl (C=O) groups is 1. The number of aromatic nitrogens is 1. The molecule has 1 aromatic carbocycles. The molecule has 4 nitrogen and oxygen atoms in total. The summed E-state index contributed by atoms with van der Waals surface area (Å²) < 4.78 is 5.34. The summed E-state index contributed by atoms with van der Waals surface area (Å²) in [6.07, 6.45) is 0.907. The van der Waals surface area contributed by atoms with E-state index >= 15 is 0 Å². The van der Waals surface area contributed by atoms with Crippen molar-refractivity contribution in [2.75, 3.05) is 13.2 Å². The summed E-state index contributed by atoms with van der Waals surface area (Å²) in [4.78, 5) is 15.9. The van der Waals surface area contributed by atoms with Gasteiger partial charge in [-0.05, 0) is 18.6 Å². The second kappa shape index (κ2) is 4.38. The first-order valence-corrected chi connectivity index (χ1v) is 5.96. The fraction of sp³-hybridized carbons (Fsp3) is 0.286. The molecule has 18 heavy (non-hydrogen) atoms. The van der Waals surface area contributed by atoms with Gasteiger partial charge in [0.2, 0.25) is 0 Å². The van der Waals surface area contributed by atoms with E-state index in [0.717, 1.165) is 24.2 Å². The molecular formula is C14H13NO3. The maximum Gasteiger partial charge on any atom is 0.336 e. The van der Waals surface area contributed by atoms with Gasteiger partial charge in [-0.25, -0.2) is 4.79 Å². The molecule has 1 unspecified atom stereocenters. The average molecular weight is 243 g/mol. The number of carboxylic acids is 1. The highest BCUT2D eigenvalue weighted by molar-refractivity contribution is 6.02. The molecular weight excluding hydrogens is 230 g/mol. The molecule has 0 bridgehead atoms. The van der Waals surface area contributed by atoms with Gasteiger partial charge in [0.25, 0.3) is 0 Å². The van der Waals surface area contributed by atoms with Gasteiger partial charge in [0.15, 0.2) is 0 Å². The largest absolute Gasteiger partial charge is 0.478 e. The van der Waals surface area contributed by atoms with Crippen molar-refractivity contribution in [3.8, 4) is 0 Å². The number of aromatic carboxylic acids is 1. The van der Waals surface area contributed by atoms with Crippen LogP contribution in [0.15, 0.2) is 30.3 Å². The fourth-order valence-corrected chi connectivity index (χ4v) is 2.35. The van der Waals surface area contributed by atoms with E-state index in [4.69, 9.17) is 4.74 Å². The predicted octanol–water partition coefficient (Wildman–Crippen LogP) is 2.44. The number of carboxylic acid groups (broad SMARTS) is 1. The van der Waals surface area contributed by atoms with Gasteiger partial charge >= 0.3 is 5.97 Å². The lowest BCUT2D eigenvalue weighted by Gasteiger charge is -2.10. The number of rotatable bonds is 2. The van der Waals surface area contributed by atoms with Crippen molar-refractivity contribution in [2.24, 2.45) is 0 Å². The summed E-state index contributed by atoms with van der Waals surface area (Å²) in [7, 11) is 0. The Morgan fingerprint density at radius 3 is 2.94 bits per heavy atom. The zero-order chi connectivity index (χ0) is 12.5. The highest BCUT2D eigenvalue weighted by Gasteiger charge is 2.21. The van der Waals surface area contributed by atoms with E-state index < -0.39 is 5.97 Å². The molecule has 4 heteroatoms. The van der Waals surface area contributed by atoms with E-state index in [1.807, 2.05) is 18.2 Å². The lowest BCUT2D eigenvalue weighted by molar-refractivity contribution is 0.0698. The maximum absolute atomic E-state index is 11.3. The third kappa shape index (κ3) is 1.84. The second-order valence-electron chi connectivity index (χ2n) is 4.48. The standard InChI is InChI=1S/C14H13NO3/c16-14(17)11-7-13(9-5-6-18-8-9)15-12-4-2-1-3-10(11)12/h1-4,7,9H,5-6,8H2,(H,16,17). The fourth-order valence-electron chi connectivity index (χ4n) is 2.35. The Bertz CT molecular complexity index is 603. The van der Waals surface area contributed by atoms with E-state index in [2.05, 4.69) is 4.98 Å². The highest BCUT2D eigenvalue weighted by Crippen LogP contribution is 2.27. The van der Waals surface area contributed by atoms with Gasteiger partial charge in [0, 0.05) is 23.6 Å². The molecule has 1 saturated heterocycles. The summed E-state index contributed by atoms with van der Waals surface area (Å²) >= 11 is 0. The molecule has 1 fully saturated rings. The van der Waals surface area contributed by atoms with Crippen LogP contribution in [0.3, 0.4) is 0 Å². The quantitative estimate of drug-likeness (QED) is 0.880. The van der Waals surface area contributed by atoms with Gasteiger partial charge in [-0.2, -0.15) is 0 Å². The van der Waals surface area contributed by atoms with Crippen molar-refractivity contribution in [2.45, 2.75) is 12.3 Å². The van der Waals surface area contributed by atoms with E-state index in [1.54, 1.807) is 12.1 Å². The summed E-state index contributed by atoms with van der Waals surface area (Å²) in [6, 6.07) is 9.02. The number of nitrogens with zero attached hydrogens (tertiary/aromatic N) is 1. The SMILES string of the molecule is O=C(O)c1cc(C2CCOC2)nc2ccccc12. The molecule has 0 saturated carbocycles. The first-order valence-electron chi connectivity index (χ1n) is 5.96. The van der Waals surface area contributed by atoms with Crippen molar-refractivity contribution in [3.63, 3.8) is 0 Å². The molecule has 2 aromatic rings. The monoisotopic (exact) mass is 243 g/mol. The van der Waals surface area contributed by atoms with Crippen LogP contribution in [0.2, 0.25) is 0 Å². The minimum Gasteiger partial charge on any atom is -0.478 e. The molecule has 1 N–H and O–H groups in total. The lowest BCUT2D eigenvalue weighted by atomic mass is 10.00. The summed E-state index contributed by atoms with van der Waals surface area (Å²) in [6.45, 7) is 1.35. The van der Waals surface area contributed by atoms with Crippen LogP contribution < -0.4 is 0 Å². The molecule has 1 aliphatic heterocycles. The Balaban J connectivity index is 2.19. The minimum absolute atomic E-state index is 0.215. The zero-order valence-corrected chi connectivity index (χ0v) is 9.80. The van der Waals surface area contributed by atoms with Crippen molar-refractivity contribution in [1.29, 1.82) is 0 Å². The molecule has 2 heterocycles. The number of benzene rings is 1. The van der Waals surface area contributed by atoms with Crippen LogP contribution in [0.25, 0.3) is 10.9 Å². The number of pyridine rings is 1. The number of ether oxygens (including phenoxy) is 1. The maximum atomic E-state index is 11.3. The Labute approximate surface area is 104 Å². The van der Waals surface area contributed by atoms with Crippen LogP contribution in [-0.4, -0.2) is 29.3 Å². The number of hydrogen-bond donors (Lipinski definition) is 1. The van der Waals surface area contributed by atoms with Gasteiger partial charge in [-0.3, -0.25) is 4.98 Å². The highest BCUT2D eigenvalue weighted by atomic mass is 16.5. The van der Waals surface area contributed by atoms with E-state index in [0.29, 0.717) is 17.6 Å². The molecule has 1 aliphatic rings. The molecule has 0 aliphatic carbocycles. The molecule has 3 rings (SSSR count). The lowest BCUT2D eigenvalue weighted by Crippen LogP contribution is -2.06. The number of fused-ring (bicyclic) bond motifs is 1. The Morgan fingerprint density at radius 2 is 2.22 bits per heavy atom. The smallest absolute Gasteiger partial charge is 0.336 e. The van der Waals surface area contributed by atoms with Crippen LogP contribution >= 0.6 is 0 Å². The Hall–Kier alpha value is -1.94. The normalized spacial score (nSPS) is 19.2. The summed E-state index contributed by atoms with van der Waals surface area (Å²) in [5.41, 5.74) is 1.88. The first-order chi connectivity index (χ1) is 8.75. The van der Waals surface area contributed by atoms with Crippen LogP contribution in [0.1, 0.15) is 28.4 Å². The number of para-hydroxylation sites is 1. The van der Waals surface area contributed by atoms with Crippen LogP contribution in [-0.2, 0) is 4.74 Å². The summed E-state index contributed by atoms with van der Waals surface area (Å²) in [5, 5.41) is 9.98. The van der Waals surface area contributed by atoms with Gasteiger partial charge < -0.3 is 9.84 Å². The zero-order valence-electron chi connectivity index (χ0n) is 9.80. The predicted molar refractivity (Wildman–Crippen MR) is 66.9 cm³/mol. The Kier molecular flexibility index (Phi) is 2.72. The third-order valence-electron chi connectivity index (χ3n) is 3.31. The first kappa shape index (κ1) is 11.2. The molecule has 1 aromatic heterocycles. The van der Waals surface area contributed by atoms with Crippen molar-refractivity contribution >= 4 is 16.9 Å². The molecule has 92 valence electrons. The number of hydrogen-bond acceptors (Lipinski definition) is 3. The Morgan fingerprint density at radius 1 is 1.39 bits per heavy atom. The van der Waals surface area contributed by atoms with Crippen molar-refractivity contribution < 1.29 is 14.6 Å². The van der Waals surface area contributed by atoms with Crippen LogP contribution in [0.5, 0.6) is 0 Å². The average Bonchev–Trinajstić information content (AvgIpc) is 2.91. The van der Waals surface area contributed by atoms with Gasteiger partial charge in [0.05, 0.1) is 17.7 Å². The van der Waals surface area contributed by atoms with E-state index in [-0.39, 0.29) is 5.92 Å². The van der Waals surface area contributed by atoms with Gasteiger partial charge in [-0.1, -0.05) is 18.2 Å². The minimum atomic E-state index is -0.909. The summed E-state index contributed by atoms with van der Waals surface area (Å²) in [5.74, 6) is -0.693. The van der Waals surface area contributed by atoms with E-state index in [9.17, 15) is 9.90 Å². The van der Waals surface area contributed by atoms with Crippen molar-refractivity contribution in [3.05, 3.63) is 41.6 Å². The molecule has 1 atom stereocenters. The van der Waals surface area contributed by atoms with E-state index in [1.165, 1.54) is 0 Å². The second-order valence-corrected chi connectivity index (χ2v) is 4.48. The van der Waals surface area contributed by atoms with Crippen LogP contribution in [0, 0.1) is 0 Å². The van der Waals surface area contributed by atoms with Crippen LogP contribution in [0.4, 0.5) is 0 Å².